The number of amides is 3. The maximum absolute atomic E-state index is 13.5. The van der Waals surface area contributed by atoms with Crippen molar-refractivity contribution in [2.45, 2.75) is 98.3 Å². The van der Waals surface area contributed by atoms with E-state index in [0.717, 1.165) is 25.7 Å². The average Bonchev–Trinajstić information content (AvgIpc) is 2.73. The average molecular weight is 478 g/mol. The Labute approximate surface area is 204 Å². The Morgan fingerprint density at radius 1 is 1.12 bits per heavy atom. The van der Waals surface area contributed by atoms with Gasteiger partial charge in [-0.25, -0.2) is 4.79 Å². The third-order valence-corrected chi connectivity index (χ3v) is 5.34. The highest BCUT2D eigenvalue weighted by atomic mass is 16.6. The number of benzene rings is 1. The van der Waals surface area contributed by atoms with Crippen LogP contribution in [0.2, 0.25) is 0 Å². The van der Waals surface area contributed by atoms with Crippen molar-refractivity contribution in [2.75, 3.05) is 13.1 Å². The molecule has 0 fully saturated rings. The molecular weight excluding hydrogens is 434 g/mol. The molecule has 0 aliphatic heterocycles. The minimum atomic E-state index is -1.02. The number of carbonyl (C=O) groups excluding carboxylic acids is 3. The van der Waals surface area contributed by atoms with Gasteiger partial charge in [0, 0.05) is 18.2 Å². The molecule has 1 aromatic carbocycles. The zero-order chi connectivity index (χ0) is 25.9. The first kappa shape index (κ1) is 29.3. The van der Waals surface area contributed by atoms with Gasteiger partial charge in [0.1, 0.15) is 23.9 Å². The van der Waals surface area contributed by atoms with Crippen LogP contribution in [0.15, 0.2) is 18.2 Å². The quantitative estimate of drug-likeness (QED) is 0.382. The van der Waals surface area contributed by atoms with Crippen LogP contribution < -0.4 is 10.6 Å². The van der Waals surface area contributed by atoms with Crippen LogP contribution in [0.5, 0.6) is 5.75 Å². The lowest BCUT2D eigenvalue weighted by Gasteiger charge is -2.33. The van der Waals surface area contributed by atoms with Gasteiger partial charge in [-0.3, -0.25) is 9.59 Å². The number of alkyl carbamates (subject to hydrolysis) is 1. The van der Waals surface area contributed by atoms with E-state index >= 15 is 0 Å². The number of aryl methyl sites for hydroxylation is 1. The second kappa shape index (κ2) is 13.8. The van der Waals surface area contributed by atoms with Crippen molar-refractivity contribution in [3.8, 4) is 5.75 Å². The number of rotatable bonds is 12. The third-order valence-electron chi connectivity index (χ3n) is 5.34. The Morgan fingerprint density at radius 3 is 2.38 bits per heavy atom. The summed E-state index contributed by atoms with van der Waals surface area (Å²) in [6, 6.07) is 4.07. The molecule has 3 amide bonds. The first-order valence-corrected chi connectivity index (χ1v) is 12.3. The smallest absolute Gasteiger partial charge is 0.408 e. The topological polar surface area (TPSA) is 108 Å². The number of phenols is 1. The molecule has 3 N–H and O–H groups in total. The van der Waals surface area contributed by atoms with Crippen molar-refractivity contribution in [1.82, 2.24) is 15.5 Å². The fourth-order valence-corrected chi connectivity index (χ4v) is 3.67. The summed E-state index contributed by atoms with van der Waals surface area (Å²) in [7, 11) is 0. The van der Waals surface area contributed by atoms with Crippen molar-refractivity contribution in [3.05, 3.63) is 29.3 Å². The predicted octanol–water partition coefficient (Wildman–Crippen LogP) is 4.59. The summed E-state index contributed by atoms with van der Waals surface area (Å²) in [6.07, 6.45) is 3.51. The van der Waals surface area contributed by atoms with Crippen molar-refractivity contribution >= 4 is 17.9 Å². The van der Waals surface area contributed by atoms with Crippen LogP contribution >= 0.6 is 0 Å². The van der Waals surface area contributed by atoms with E-state index in [2.05, 4.69) is 17.6 Å². The van der Waals surface area contributed by atoms with Gasteiger partial charge in [-0.1, -0.05) is 51.3 Å². The number of phenolic OH excluding ortho intramolecular Hbond substituents is 1. The summed E-state index contributed by atoms with van der Waals surface area (Å²) in [5.41, 5.74) is 0.284. The summed E-state index contributed by atoms with van der Waals surface area (Å²) < 4.78 is 5.23. The maximum atomic E-state index is 13.5. The van der Waals surface area contributed by atoms with E-state index in [4.69, 9.17) is 4.74 Å². The van der Waals surface area contributed by atoms with Gasteiger partial charge >= 0.3 is 6.09 Å². The van der Waals surface area contributed by atoms with Crippen LogP contribution in [0.4, 0.5) is 4.79 Å². The van der Waals surface area contributed by atoms with Gasteiger partial charge < -0.3 is 25.4 Å². The van der Waals surface area contributed by atoms with E-state index in [-0.39, 0.29) is 24.2 Å². The van der Waals surface area contributed by atoms with Crippen molar-refractivity contribution < 1.29 is 24.2 Å². The number of unbranched alkanes of at least 4 members (excludes halogenated alkanes) is 2. The summed E-state index contributed by atoms with van der Waals surface area (Å²) >= 11 is 0. The number of para-hydroxylation sites is 1. The molecule has 0 bridgehead atoms. The molecule has 0 radical (unpaired) electrons. The van der Waals surface area contributed by atoms with E-state index in [9.17, 15) is 19.5 Å². The van der Waals surface area contributed by atoms with Gasteiger partial charge in [0.15, 0.2) is 0 Å². The van der Waals surface area contributed by atoms with Gasteiger partial charge in [0.05, 0.1) is 0 Å². The lowest BCUT2D eigenvalue weighted by Crippen LogP contribution is -2.49. The summed E-state index contributed by atoms with van der Waals surface area (Å²) in [5, 5.41) is 16.3. The summed E-state index contributed by atoms with van der Waals surface area (Å²) in [4.78, 5) is 40.4. The molecule has 1 rings (SSSR count). The van der Waals surface area contributed by atoms with Gasteiger partial charge in [-0.15, -0.1) is 0 Å². The number of nitrogens with zero attached hydrogens (tertiary/aromatic N) is 1. The van der Waals surface area contributed by atoms with E-state index in [1.165, 1.54) is 4.90 Å². The molecule has 1 aromatic rings. The maximum Gasteiger partial charge on any atom is 0.408 e. The minimum Gasteiger partial charge on any atom is -0.507 e. The Kier molecular flexibility index (Phi) is 11.9. The Morgan fingerprint density at radius 2 is 1.79 bits per heavy atom. The molecule has 0 aromatic heterocycles. The number of carbonyl (C=O) groups is 3. The largest absolute Gasteiger partial charge is 0.507 e. The second-order valence-corrected chi connectivity index (χ2v) is 9.76. The summed E-state index contributed by atoms with van der Waals surface area (Å²) in [6.45, 7) is 13.0. The Balaban J connectivity index is 3.29. The van der Waals surface area contributed by atoms with E-state index in [1.54, 1.807) is 45.9 Å². The molecular formula is C26H43N3O5. The normalized spacial score (nSPS) is 13.0. The second-order valence-electron chi connectivity index (χ2n) is 9.76. The van der Waals surface area contributed by atoms with Crippen LogP contribution in [0.1, 0.15) is 90.8 Å². The predicted molar refractivity (Wildman–Crippen MR) is 134 cm³/mol. The zero-order valence-corrected chi connectivity index (χ0v) is 21.9. The fourth-order valence-electron chi connectivity index (χ4n) is 3.67. The lowest BCUT2D eigenvalue weighted by molar-refractivity contribution is -0.140. The van der Waals surface area contributed by atoms with Crippen molar-refractivity contribution in [1.29, 1.82) is 0 Å². The third kappa shape index (κ3) is 9.61. The lowest BCUT2D eigenvalue weighted by atomic mass is 9.99. The highest BCUT2D eigenvalue weighted by molar-refractivity contribution is 5.91. The van der Waals surface area contributed by atoms with Gasteiger partial charge in [-0.05, 0) is 53.0 Å². The zero-order valence-electron chi connectivity index (χ0n) is 21.9. The molecule has 0 spiro atoms. The summed E-state index contributed by atoms with van der Waals surface area (Å²) in [5.74, 6) is -0.797. The molecule has 0 saturated heterocycles. The monoisotopic (exact) mass is 477 g/mol. The molecule has 8 heteroatoms. The van der Waals surface area contributed by atoms with Gasteiger partial charge in [0.25, 0.3) is 0 Å². The Bertz CT molecular complexity index is 819. The number of aromatic hydroxyl groups is 1. The highest BCUT2D eigenvalue weighted by Crippen LogP contribution is 2.32. The van der Waals surface area contributed by atoms with E-state index in [1.807, 2.05) is 13.8 Å². The highest BCUT2D eigenvalue weighted by Gasteiger charge is 2.34. The van der Waals surface area contributed by atoms with Crippen LogP contribution in [0.3, 0.4) is 0 Å². The molecule has 2 unspecified atom stereocenters. The van der Waals surface area contributed by atoms with Gasteiger partial charge in [-0.2, -0.15) is 0 Å². The number of hydrogen-bond acceptors (Lipinski definition) is 5. The van der Waals surface area contributed by atoms with E-state index in [0.29, 0.717) is 24.1 Å². The van der Waals surface area contributed by atoms with Crippen molar-refractivity contribution in [3.63, 3.8) is 0 Å². The van der Waals surface area contributed by atoms with Crippen LogP contribution in [-0.2, 0) is 14.3 Å². The van der Waals surface area contributed by atoms with Gasteiger partial charge in [0.2, 0.25) is 11.8 Å². The molecule has 34 heavy (non-hydrogen) atoms. The van der Waals surface area contributed by atoms with Crippen LogP contribution in [0.25, 0.3) is 0 Å². The first-order valence-electron chi connectivity index (χ1n) is 12.3. The molecule has 8 nitrogen and oxygen atoms in total. The number of nitrogens with one attached hydrogen (secondary N) is 2. The molecule has 192 valence electrons. The fraction of sp³-hybridized carbons (Fsp3) is 0.654. The molecule has 0 heterocycles. The Hall–Kier alpha value is -2.77. The molecule has 0 saturated carbocycles. The first-order chi connectivity index (χ1) is 15.9. The van der Waals surface area contributed by atoms with E-state index < -0.39 is 23.6 Å². The molecule has 0 aliphatic carbocycles. The van der Waals surface area contributed by atoms with Crippen molar-refractivity contribution in [2.24, 2.45) is 0 Å². The number of ether oxygens (including phenoxy) is 1. The molecule has 0 aliphatic rings. The standard InChI is InChI=1S/C26H43N3O5/c1-8-10-11-16-29(21(30)17-27-25(33)34-26(5,6)7)22(24(32)28-19(4)13-9-2)20-15-12-14-18(3)23(20)31/h12,14-15,19,22,31H,8-11,13,16-17H2,1-7H3,(H,27,33)(H,28,32). The number of hydrogen-bond donors (Lipinski definition) is 3. The SMILES string of the molecule is CCCCCN(C(=O)CNC(=O)OC(C)(C)C)C(C(=O)NC(C)CCC)c1cccc(C)c1O. The van der Waals surface area contributed by atoms with Crippen LogP contribution in [0, 0.1) is 6.92 Å². The molecule has 2 atom stereocenters. The minimum absolute atomic E-state index is 0.0146. The van der Waals surface area contributed by atoms with Crippen LogP contribution in [-0.4, -0.2) is 52.6 Å².